The first-order valence-corrected chi connectivity index (χ1v) is 6.04. The van der Waals surface area contributed by atoms with Crippen molar-refractivity contribution in [1.82, 2.24) is 14.9 Å². The van der Waals surface area contributed by atoms with E-state index < -0.39 is 0 Å². The number of rotatable bonds is 1. The van der Waals surface area contributed by atoms with Crippen LogP contribution in [-0.2, 0) is 12.1 Å². The van der Waals surface area contributed by atoms with Crippen LogP contribution < -0.4 is 10.9 Å². The van der Waals surface area contributed by atoms with Crippen LogP contribution in [0.2, 0.25) is 0 Å². The number of nitrogens with zero attached hydrogens (tertiary/aromatic N) is 3. The highest BCUT2D eigenvalue weighted by Gasteiger charge is 2.43. The van der Waals surface area contributed by atoms with Crippen molar-refractivity contribution in [2.24, 2.45) is 4.99 Å². The fourth-order valence-corrected chi connectivity index (χ4v) is 2.50. The molecule has 6 nitrogen and oxygen atoms in total. The predicted octanol–water partition coefficient (Wildman–Crippen LogP) is 0.0665. The third kappa shape index (κ3) is 1.41. The van der Waals surface area contributed by atoms with Crippen molar-refractivity contribution in [2.75, 3.05) is 7.05 Å². The first-order chi connectivity index (χ1) is 8.66. The third-order valence-corrected chi connectivity index (χ3v) is 3.67. The second-order valence-electron chi connectivity index (χ2n) is 4.69. The smallest absolute Gasteiger partial charge is 0.269 e. The second-order valence-corrected chi connectivity index (χ2v) is 4.69. The predicted molar refractivity (Wildman–Crippen MR) is 65.9 cm³/mol. The van der Waals surface area contributed by atoms with Gasteiger partial charge in [-0.05, 0) is 19.3 Å². The molecule has 0 bridgehead atoms. The molecule has 6 heteroatoms. The lowest BCUT2D eigenvalue weighted by molar-refractivity contribution is 0.0956. The highest BCUT2D eigenvalue weighted by Crippen LogP contribution is 2.44. The van der Waals surface area contributed by atoms with E-state index in [0.29, 0.717) is 12.4 Å². The molecule has 1 saturated carbocycles. The van der Waals surface area contributed by atoms with Crippen LogP contribution in [0.25, 0.3) is 0 Å². The van der Waals surface area contributed by atoms with E-state index in [1.165, 1.54) is 13.1 Å². The molecule has 0 radical (unpaired) electrons. The summed E-state index contributed by atoms with van der Waals surface area (Å²) in [5.41, 5.74) is -0.366. The summed E-state index contributed by atoms with van der Waals surface area (Å²) >= 11 is 0. The number of carbonyl (C=O) groups excluding carboxylic acids is 1. The molecule has 2 aliphatic rings. The molecule has 1 aromatic rings. The second kappa shape index (κ2) is 3.76. The van der Waals surface area contributed by atoms with Gasteiger partial charge in [-0.2, -0.15) is 0 Å². The summed E-state index contributed by atoms with van der Waals surface area (Å²) in [5.74, 6) is 0.307. The van der Waals surface area contributed by atoms with E-state index in [0.717, 1.165) is 19.3 Å². The lowest BCUT2D eigenvalue weighted by Crippen LogP contribution is -2.44. The maximum atomic E-state index is 12.0. The summed E-state index contributed by atoms with van der Waals surface area (Å²) in [5, 5.41) is 2.49. The number of nitrogens with one attached hydrogen (secondary N) is 1. The quantitative estimate of drug-likeness (QED) is 0.761. The summed E-state index contributed by atoms with van der Waals surface area (Å²) in [4.78, 5) is 32.5. The number of fused-ring (bicyclic) bond motifs is 2. The van der Waals surface area contributed by atoms with Gasteiger partial charge in [0, 0.05) is 19.3 Å². The lowest BCUT2D eigenvalue weighted by atomic mass is 9.76. The molecule has 0 aromatic carbocycles. The van der Waals surface area contributed by atoms with E-state index >= 15 is 0 Å². The Morgan fingerprint density at radius 2 is 2.28 bits per heavy atom. The van der Waals surface area contributed by atoms with Gasteiger partial charge >= 0.3 is 0 Å². The molecule has 1 fully saturated rings. The van der Waals surface area contributed by atoms with Gasteiger partial charge in [0.2, 0.25) is 0 Å². The van der Waals surface area contributed by atoms with Gasteiger partial charge in [-0.3, -0.25) is 19.1 Å². The standard InChI is InChI=1S/C12H14N4O2/c1-13-10(18)8-7-9(17)16-6-5-14-12(3-2-4-12)11(16)15-8/h5,7H,2-4,6H2,1H3,(H,13,18). The van der Waals surface area contributed by atoms with Crippen molar-refractivity contribution in [3.05, 3.63) is 27.9 Å². The Balaban J connectivity index is 2.18. The lowest BCUT2D eigenvalue weighted by Gasteiger charge is -2.40. The molecule has 1 aliphatic carbocycles. The van der Waals surface area contributed by atoms with Gasteiger partial charge in [-0.1, -0.05) is 0 Å². The van der Waals surface area contributed by atoms with Crippen LogP contribution >= 0.6 is 0 Å². The Morgan fingerprint density at radius 1 is 1.50 bits per heavy atom. The number of amides is 1. The number of hydrogen-bond acceptors (Lipinski definition) is 4. The maximum Gasteiger partial charge on any atom is 0.269 e. The molecule has 1 N–H and O–H groups in total. The van der Waals surface area contributed by atoms with Crippen LogP contribution in [0.5, 0.6) is 0 Å². The minimum atomic E-state index is -0.360. The molecule has 0 unspecified atom stereocenters. The Hall–Kier alpha value is -1.98. The molecule has 1 amide bonds. The van der Waals surface area contributed by atoms with Gasteiger partial charge in [0.15, 0.2) is 0 Å². The average molecular weight is 246 g/mol. The molecular weight excluding hydrogens is 232 g/mol. The molecule has 1 aromatic heterocycles. The highest BCUT2D eigenvalue weighted by atomic mass is 16.2. The van der Waals surface area contributed by atoms with Crippen LogP contribution in [0, 0.1) is 0 Å². The molecule has 1 spiro atoms. The summed E-state index contributed by atoms with van der Waals surface area (Å²) in [6.45, 7) is 0.441. The molecular formula is C12H14N4O2. The minimum absolute atomic E-state index is 0.178. The summed E-state index contributed by atoms with van der Waals surface area (Å²) in [6.07, 6.45) is 4.65. The Kier molecular flexibility index (Phi) is 2.33. The fraction of sp³-hybridized carbons (Fsp3) is 0.500. The number of carbonyl (C=O) groups is 1. The first-order valence-electron chi connectivity index (χ1n) is 6.04. The normalized spacial score (nSPS) is 19.2. The number of hydrogen-bond donors (Lipinski definition) is 1. The van der Waals surface area contributed by atoms with Crippen molar-refractivity contribution in [3.63, 3.8) is 0 Å². The molecule has 2 heterocycles. The van der Waals surface area contributed by atoms with Crippen molar-refractivity contribution in [1.29, 1.82) is 0 Å². The first kappa shape index (κ1) is 11.1. The zero-order chi connectivity index (χ0) is 12.8. The molecule has 1 aliphatic heterocycles. The topological polar surface area (TPSA) is 76.3 Å². The summed E-state index contributed by atoms with van der Waals surface area (Å²) < 4.78 is 1.61. The monoisotopic (exact) mass is 246 g/mol. The van der Waals surface area contributed by atoms with Gasteiger partial charge in [0.05, 0.1) is 6.54 Å². The zero-order valence-electron chi connectivity index (χ0n) is 10.1. The molecule has 3 rings (SSSR count). The number of aromatic nitrogens is 2. The third-order valence-electron chi connectivity index (χ3n) is 3.67. The van der Waals surface area contributed by atoms with Crippen LogP contribution in [0.3, 0.4) is 0 Å². The van der Waals surface area contributed by atoms with Crippen LogP contribution in [0.1, 0.15) is 35.6 Å². The van der Waals surface area contributed by atoms with Gasteiger partial charge in [0.25, 0.3) is 11.5 Å². The van der Waals surface area contributed by atoms with E-state index in [2.05, 4.69) is 15.3 Å². The fourth-order valence-electron chi connectivity index (χ4n) is 2.50. The van der Waals surface area contributed by atoms with Crippen molar-refractivity contribution in [3.8, 4) is 0 Å². The van der Waals surface area contributed by atoms with Crippen LogP contribution in [0.15, 0.2) is 15.9 Å². The van der Waals surface area contributed by atoms with E-state index in [1.54, 1.807) is 10.8 Å². The van der Waals surface area contributed by atoms with Crippen molar-refractivity contribution < 1.29 is 4.79 Å². The average Bonchev–Trinajstić information content (AvgIpc) is 2.35. The molecule has 94 valence electrons. The Bertz CT molecular complexity index is 599. The van der Waals surface area contributed by atoms with Gasteiger partial charge in [-0.15, -0.1) is 0 Å². The van der Waals surface area contributed by atoms with Crippen molar-refractivity contribution >= 4 is 12.1 Å². The van der Waals surface area contributed by atoms with Gasteiger partial charge in [0.1, 0.15) is 17.1 Å². The zero-order valence-corrected chi connectivity index (χ0v) is 10.1. The van der Waals surface area contributed by atoms with Gasteiger partial charge < -0.3 is 5.32 Å². The van der Waals surface area contributed by atoms with Crippen LogP contribution in [-0.4, -0.2) is 28.7 Å². The summed E-state index contributed by atoms with van der Waals surface area (Å²) in [7, 11) is 1.53. The Labute approximate surface area is 104 Å². The van der Waals surface area contributed by atoms with E-state index in [4.69, 9.17) is 0 Å². The van der Waals surface area contributed by atoms with E-state index in [-0.39, 0.29) is 22.7 Å². The minimum Gasteiger partial charge on any atom is -0.354 e. The molecule has 0 atom stereocenters. The summed E-state index contributed by atoms with van der Waals surface area (Å²) in [6, 6.07) is 1.29. The largest absolute Gasteiger partial charge is 0.354 e. The molecule has 18 heavy (non-hydrogen) atoms. The highest BCUT2D eigenvalue weighted by molar-refractivity contribution is 5.91. The maximum absolute atomic E-state index is 12.0. The van der Waals surface area contributed by atoms with E-state index in [1.807, 2.05) is 0 Å². The van der Waals surface area contributed by atoms with Crippen molar-refractivity contribution in [2.45, 2.75) is 31.3 Å². The SMILES string of the molecule is CNC(=O)c1cc(=O)n2c(n1)C1(CCC1)N=CC2. The van der Waals surface area contributed by atoms with Crippen LogP contribution in [0.4, 0.5) is 0 Å². The Morgan fingerprint density at radius 3 is 2.89 bits per heavy atom. The number of aliphatic imine (C=N–C) groups is 1. The molecule has 0 saturated heterocycles. The van der Waals surface area contributed by atoms with Gasteiger partial charge in [-0.25, -0.2) is 4.98 Å². The van der Waals surface area contributed by atoms with E-state index in [9.17, 15) is 9.59 Å².